The van der Waals surface area contributed by atoms with Crippen molar-refractivity contribution in [3.05, 3.63) is 10.4 Å². The van der Waals surface area contributed by atoms with Crippen LogP contribution in [-0.4, -0.2) is 9.97 Å². The topological polar surface area (TPSA) is 22.1 Å². The van der Waals surface area contributed by atoms with Crippen LogP contribution in [0.2, 0.25) is 0 Å². The van der Waals surface area contributed by atoms with E-state index in [1.807, 2.05) is 27.7 Å². The summed E-state index contributed by atoms with van der Waals surface area (Å²) in [6.07, 6.45) is 0. The van der Waals surface area contributed by atoms with Gasteiger partial charge in [0.15, 0.2) is 0 Å². The molecule has 1 rings (SSSR count). The quantitative estimate of drug-likeness (QED) is 0.671. The predicted octanol–water partition coefficient (Wildman–Crippen LogP) is 2.94. The molecule has 3 heteroatoms. The molecule has 0 spiro atoms. The third-order valence-electron chi connectivity index (χ3n) is 1.52. The van der Waals surface area contributed by atoms with Gasteiger partial charge >= 0.3 is 0 Å². The van der Waals surface area contributed by atoms with Gasteiger partial charge in [0.1, 0.15) is 5.60 Å². The second-order valence-corrected chi connectivity index (χ2v) is 4.86. The number of hydrogen-bond donors (Lipinski definition) is 0. The van der Waals surface area contributed by atoms with E-state index < -0.39 is 0 Å². The number of ether oxygens (including phenoxy) is 1. The molecule has 0 unspecified atom stereocenters. The predicted molar refractivity (Wildman–Crippen MR) is 52.0 cm³/mol. The minimum absolute atomic E-state index is 0.148. The van der Waals surface area contributed by atoms with Crippen LogP contribution in [0.3, 0.4) is 0 Å². The summed E-state index contributed by atoms with van der Waals surface area (Å²) in [5, 5.41) is 0. The lowest BCUT2D eigenvalue weighted by Gasteiger charge is -2.19. The normalized spacial score (nSPS) is 11.8. The second kappa shape index (κ2) is 3.05. The van der Waals surface area contributed by atoms with Crippen molar-refractivity contribution in [2.45, 2.75) is 40.2 Å². The van der Waals surface area contributed by atoms with Crippen molar-refractivity contribution < 1.29 is 4.74 Å². The molecule has 0 radical (unpaired) electrons. The van der Waals surface area contributed by atoms with Gasteiger partial charge in [-0.3, -0.25) is 0 Å². The summed E-state index contributed by atoms with van der Waals surface area (Å²) in [7, 11) is 0. The average Bonchev–Trinajstić information content (AvgIpc) is 2.16. The van der Waals surface area contributed by atoms with Crippen molar-refractivity contribution in [3.63, 3.8) is 0 Å². The highest BCUT2D eigenvalue weighted by molar-refractivity contribution is 7.06. The lowest BCUT2D eigenvalue weighted by atomic mass is 10.2. The fraction of sp³-hybridized carbons (Fsp3) is 0.667. The van der Waals surface area contributed by atoms with Gasteiger partial charge in [-0.05, 0) is 46.2 Å². The Balaban J connectivity index is 2.83. The lowest BCUT2D eigenvalue weighted by molar-refractivity contribution is 0.124. The van der Waals surface area contributed by atoms with Gasteiger partial charge < -0.3 is 4.74 Å². The van der Waals surface area contributed by atoms with Crippen LogP contribution in [0.1, 0.15) is 31.2 Å². The maximum atomic E-state index is 5.65. The van der Waals surface area contributed by atoms with Gasteiger partial charge in [0.2, 0.25) is 5.88 Å². The Labute approximate surface area is 77.7 Å². The Kier molecular flexibility index (Phi) is 2.42. The molecule has 0 bridgehead atoms. The standard InChI is InChI=1S/C9H15NOS/c1-6-7(2)12-10-8(6)11-9(3,4)5/h1-5H3. The Morgan fingerprint density at radius 2 is 1.83 bits per heavy atom. The van der Waals surface area contributed by atoms with Crippen LogP contribution in [0.5, 0.6) is 5.88 Å². The second-order valence-electron chi connectivity index (χ2n) is 3.88. The van der Waals surface area contributed by atoms with Gasteiger partial charge in [0.05, 0.1) is 0 Å². The molecule has 0 atom stereocenters. The lowest BCUT2D eigenvalue weighted by Crippen LogP contribution is -2.23. The first kappa shape index (κ1) is 9.52. The van der Waals surface area contributed by atoms with Crippen molar-refractivity contribution in [2.75, 3.05) is 0 Å². The molecule has 0 fully saturated rings. The molecule has 0 saturated heterocycles. The average molecular weight is 185 g/mol. The maximum Gasteiger partial charge on any atom is 0.228 e. The fourth-order valence-electron chi connectivity index (χ4n) is 0.783. The van der Waals surface area contributed by atoms with Gasteiger partial charge in [-0.25, -0.2) is 0 Å². The van der Waals surface area contributed by atoms with Crippen LogP contribution in [0, 0.1) is 13.8 Å². The molecular weight excluding hydrogens is 170 g/mol. The zero-order chi connectivity index (χ0) is 9.35. The molecule has 12 heavy (non-hydrogen) atoms. The van der Waals surface area contributed by atoms with E-state index in [1.165, 1.54) is 16.4 Å². The number of hydrogen-bond acceptors (Lipinski definition) is 3. The molecule has 0 saturated carbocycles. The highest BCUT2D eigenvalue weighted by Gasteiger charge is 2.16. The zero-order valence-electron chi connectivity index (χ0n) is 8.26. The van der Waals surface area contributed by atoms with Crippen LogP contribution in [0.25, 0.3) is 0 Å². The summed E-state index contributed by atoms with van der Waals surface area (Å²) >= 11 is 1.50. The van der Waals surface area contributed by atoms with E-state index >= 15 is 0 Å². The molecule has 1 aromatic rings. The van der Waals surface area contributed by atoms with Crippen LogP contribution in [0.4, 0.5) is 0 Å². The summed E-state index contributed by atoms with van der Waals surface area (Å²) in [4.78, 5) is 1.23. The SMILES string of the molecule is Cc1snc(OC(C)(C)C)c1C. The molecule has 68 valence electrons. The van der Waals surface area contributed by atoms with E-state index in [1.54, 1.807) is 0 Å². The van der Waals surface area contributed by atoms with Gasteiger partial charge in [0, 0.05) is 10.4 Å². The number of nitrogens with zero attached hydrogens (tertiary/aromatic N) is 1. The molecule has 0 aromatic carbocycles. The minimum atomic E-state index is -0.148. The van der Waals surface area contributed by atoms with Gasteiger partial charge in [-0.15, -0.1) is 0 Å². The van der Waals surface area contributed by atoms with E-state index in [0.717, 1.165) is 11.4 Å². The fourth-order valence-corrected chi connectivity index (χ4v) is 1.40. The Hall–Kier alpha value is -0.570. The molecule has 0 aliphatic rings. The third-order valence-corrected chi connectivity index (χ3v) is 2.35. The summed E-state index contributed by atoms with van der Waals surface area (Å²) in [5.41, 5.74) is 1.01. The van der Waals surface area contributed by atoms with Crippen LogP contribution < -0.4 is 4.74 Å². The largest absolute Gasteiger partial charge is 0.471 e. The van der Waals surface area contributed by atoms with Crippen molar-refractivity contribution in [1.29, 1.82) is 0 Å². The van der Waals surface area contributed by atoms with Crippen LogP contribution in [-0.2, 0) is 0 Å². The molecule has 0 amide bonds. The molecule has 0 aliphatic heterocycles. The summed E-state index contributed by atoms with van der Waals surface area (Å²) in [5.74, 6) is 0.782. The first-order valence-corrected chi connectivity index (χ1v) is 4.79. The molecule has 0 N–H and O–H groups in total. The van der Waals surface area contributed by atoms with Crippen molar-refractivity contribution in [1.82, 2.24) is 4.37 Å². The number of aryl methyl sites for hydroxylation is 1. The smallest absolute Gasteiger partial charge is 0.228 e. The molecular formula is C9H15NOS. The summed E-state index contributed by atoms with van der Waals surface area (Å²) in [6, 6.07) is 0. The monoisotopic (exact) mass is 185 g/mol. The minimum Gasteiger partial charge on any atom is -0.471 e. The summed E-state index contributed by atoms with van der Waals surface area (Å²) < 4.78 is 9.87. The van der Waals surface area contributed by atoms with Crippen molar-refractivity contribution >= 4 is 11.5 Å². The Bertz CT molecular complexity index is 273. The third kappa shape index (κ3) is 2.21. The summed E-state index contributed by atoms with van der Waals surface area (Å²) in [6.45, 7) is 10.2. The van der Waals surface area contributed by atoms with E-state index in [9.17, 15) is 0 Å². The maximum absolute atomic E-state index is 5.65. The van der Waals surface area contributed by atoms with E-state index in [4.69, 9.17) is 4.74 Å². The first-order valence-electron chi connectivity index (χ1n) is 4.02. The van der Waals surface area contributed by atoms with Crippen molar-refractivity contribution in [3.8, 4) is 5.88 Å². The van der Waals surface area contributed by atoms with E-state index in [0.29, 0.717) is 0 Å². The van der Waals surface area contributed by atoms with E-state index in [2.05, 4.69) is 11.3 Å². The highest BCUT2D eigenvalue weighted by atomic mass is 32.1. The highest BCUT2D eigenvalue weighted by Crippen LogP contribution is 2.26. The number of rotatable bonds is 1. The molecule has 1 aromatic heterocycles. The van der Waals surface area contributed by atoms with Gasteiger partial charge in [-0.2, -0.15) is 4.37 Å². The zero-order valence-corrected chi connectivity index (χ0v) is 9.08. The molecule has 1 heterocycles. The van der Waals surface area contributed by atoms with E-state index in [-0.39, 0.29) is 5.60 Å². The van der Waals surface area contributed by atoms with Crippen LogP contribution >= 0.6 is 11.5 Å². The van der Waals surface area contributed by atoms with Gasteiger partial charge in [-0.1, -0.05) is 0 Å². The van der Waals surface area contributed by atoms with Gasteiger partial charge in [0.25, 0.3) is 0 Å². The van der Waals surface area contributed by atoms with Crippen LogP contribution in [0.15, 0.2) is 0 Å². The molecule has 0 aliphatic carbocycles. The van der Waals surface area contributed by atoms with Crippen molar-refractivity contribution in [2.24, 2.45) is 0 Å². The Morgan fingerprint density at radius 3 is 2.17 bits per heavy atom. The number of aromatic nitrogens is 1. The molecule has 2 nitrogen and oxygen atoms in total. The first-order chi connectivity index (χ1) is 5.40. The Morgan fingerprint density at radius 1 is 1.25 bits per heavy atom.